The van der Waals surface area contributed by atoms with E-state index in [1.54, 1.807) is 0 Å². The van der Waals surface area contributed by atoms with Crippen LogP contribution in [0.2, 0.25) is 0 Å². The Kier molecular flexibility index (Phi) is 3.09. The zero-order valence-electron chi connectivity index (χ0n) is 9.06. The highest BCUT2D eigenvalue weighted by Gasteiger charge is 2.29. The molecule has 0 spiro atoms. The Hall–Kier alpha value is -1.52. The molecule has 1 aliphatic heterocycles. The van der Waals surface area contributed by atoms with E-state index in [0.29, 0.717) is 13.1 Å². The number of aliphatic carboxylic acids is 1. The lowest BCUT2D eigenvalue weighted by atomic mass is 9.93. The highest BCUT2D eigenvalue weighted by Crippen LogP contribution is 2.31. The van der Waals surface area contributed by atoms with Gasteiger partial charge in [0.25, 0.3) is 0 Å². The van der Waals surface area contributed by atoms with E-state index in [0.717, 1.165) is 22.2 Å². The van der Waals surface area contributed by atoms with Crippen LogP contribution in [0, 0.1) is 0 Å². The van der Waals surface area contributed by atoms with Crippen LogP contribution < -0.4 is 5.32 Å². The molecule has 5 heteroatoms. The fourth-order valence-electron chi connectivity index (χ4n) is 2.41. The number of rotatable bonds is 1. The molecule has 0 radical (unpaired) electrons. The van der Waals surface area contributed by atoms with Gasteiger partial charge in [0.1, 0.15) is 0 Å². The third-order valence-electron chi connectivity index (χ3n) is 3.12. The largest absolute Gasteiger partial charge is 0.481 e. The fraction of sp³-hybridized carbons (Fsp3) is 0.250. The molecule has 1 unspecified atom stereocenters. The molecule has 1 aliphatic rings. The second-order valence-electron chi connectivity index (χ2n) is 4.08. The smallest absolute Gasteiger partial charge is 0.312 e. The second-order valence-corrected chi connectivity index (χ2v) is 4.08. The highest BCUT2D eigenvalue weighted by atomic mass is 35.5. The minimum Gasteiger partial charge on any atom is -0.481 e. The first kappa shape index (κ1) is 12.0. The summed E-state index contributed by atoms with van der Waals surface area (Å²) < 4.78 is 0. The lowest BCUT2D eigenvalue weighted by Gasteiger charge is -2.20. The number of hydrogen-bond donors (Lipinski definition) is 3. The number of H-pyrrole nitrogens is 1. The molecule has 0 aliphatic carbocycles. The standard InChI is InChI=1S/C12H12N2O2.ClH/c15-12(16)8-5-13-6-10-11(8)7-3-1-2-4-9(7)14-10;/h1-4,8,13-14H,5-6H2,(H,15,16);1H. The first-order valence-electron chi connectivity index (χ1n) is 5.30. The van der Waals surface area contributed by atoms with Gasteiger partial charge in [-0.15, -0.1) is 12.4 Å². The molecule has 2 heterocycles. The predicted octanol–water partition coefficient (Wildman–Crippen LogP) is 1.86. The van der Waals surface area contributed by atoms with Crippen LogP contribution in [0.3, 0.4) is 0 Å². The molecule has 3 rings (SSSR count). The molecule has 4 nitrogen and oxygen atoms in total. The van der Waals surface area contributed by atoms with Crippen molar-refractivity contribution >= 4 is 29.3 Å². The number of para-hydroxylation sites is 1. The van der Waals surface area contributed by atoms with Crippen molar-refractivity contribution in [2.75, 3.05) is 6.54 Å². The summed E-state index contributed by atoms with van der Waals surface area (Å²) in [6.45, 7) is 1.22. The molecule has 17 heavy (non-hydrogen) atoms. The van der Waals surface area contributed by atoms with E-state index < -0.39 is 11.9 Å². The predicted molar refractivity (Wildman–Crippen MR) is 67.6 cm³/mol. The van der Waals surface area contributed by atoms with Crippen LogP contribution in [0.1, 0.15) is 17.2 Å². The van der Waals surface area contributed by atoms with Gasteiger partial charge < -0.3 is 15.4 Å². The number of nitrogens with one attached hydrogen (secondary N) is 2. The lowest BCUT2D eigenvalue weighted by Crippen LogP contribution is -2.32. The van der Waals surface area contributed by atoms with Crippen molar-refractivity contribution in [3.05, 3.63) is 35.5 Å². The van der Waals surface area contributed by atoms with Gasteiger partial charge in [0, 0.05) is 29.7 Å². The van der Waals surface area contributed by atoms with Crippen molar-refractivity contribution in [2.24, 2.45) is 0 Å². The minimum atomic E-state index is -0.766. The molecule has 1 aromatic carbocycles. The Morgan fingerprint density at radius 3 is 2.88 bits per heavy atom. The maximum Gasteiger partial charge on any atom is 0.312 e. The van der Waals surface area contributed by atoms with E-state index in [4.69, 9.17) is 0 Å². The first-order valence-corrected chi connectivity index (χ1v) is 5.30. The summed E-state index contributed by atoms with van der Waals surface area (Å²) in [6.07, 6.45) is 0. The van der Waals surface area contributed by atoms with Gasteiger partial charge in [-0.25, -0.2) is 0 Å². The summed E-state index contributed by atoms with van der Waals surface area (Å²) >= 11 is 0. The van der Waals surface area contributed by atoms with Crippen molar-refractivity contribution in [1.82, 2.24) is 10.3 Å². The van der Waals surface area contributed by atoms with E-state index >= 15 is 0 Å². The van der Waals surface area contributed by atoms with E-state index in [1.807, 2.05) is 24.3 Å². The number of aromatic amines is 1. The number of carboxylic acids is 1. The summed E-state index contributed by atoms with van der Waals surface area (Å²) in [4.78, 5) is 14.5. The molecule has 0 fully saturated rings. The number of carboxylic acid groups (broad SMARTS) is 1. The highest BCUT2D eigenvalue weighted by molar-refractivity contribution is 5.91. The molecular formula is C12H13ClN2O2. The molecule has 1 aromatic heterocycles. The Bertz CT molecular complexity index is 565. The topological polar surface area (TPSA) is 65.1 Å². The monoisotopic (exact) mass is 252 g/mol. The van der Waals surface area contributed by atoms with Gasteiger partial charge in [-0.05, 0) is 11.6 Å². The zero-order valence-corrected chi connectivity index (χ0v) is 9.88. The molecular weight excluding hydrogens is 240 g/mol. The summed E-state index contributed by atoms with van der Waals surface area (Å²) in [5.74, 6) is -1.21. The molecule has 0 saturated carbocycles. The minimum absolute atomic E-state index is 0. The van der Waals surface area contributed by atoms with E-state index in [1.165, 1.54) is 0 Å². The molecule has 1 atom stereocenters. The third kappa shape index (κ3) is 1.79. The Morgan fingerprint density at radius 2 is 2.12 bits per heavy atom. The maximum atomic E-state index is 11.2. The quantitative estimate of drug-likeness (QED) is 0.726. The summed E-state index contributed by atoms with van der Waals surface area (Å²) in [5.41, 5.74) is 2.96. The number of hydrogen-bond acceptors (Lipinski definition) is 2. The Labute approximate surface area is 104 Å². The number of fused-ring (bicyclic) bond motifs is 3. The Balaban J connectivity index is 0.00000108. The first-order chi connectivity index (χ1) is 7.77. The number of aromatic nitrogens is 1. The van der Waals surface area contributed by atoms with Crippen molar-refractivity contribution in [3.8, 4) is 0 Å². The van der Waals surface area contributed by atoms with Crippen molar-refractivity contribution in [1.29, 1.82) is 0 Å². The van der Waals surface area contributed by atoms with Crippen LogP contribution in [-0.4, -0.2) is 22.6 Å². The summed E-state index contributed by atoms with van der Waals surface area (Å²) in [6, 6.07) is 7.85. The van der Waals surface area contributed by atoms with Crippen molar-refractivity contribution < 1.29 is 9.90 Å². The number of benzene rings is 1. The summed E-state index contributed by atoms with van der Waals surface area (Å²) in [5, 5.41) is 13.4. The van der Waals surface area contributed by atoms with Gasteiger partial charge in [-0.3, -0.25) is 4.79 Å². The van der Waals surface area contributed by atoms with E-state index in [-0.39, 0.29) is 12.4 Å². The molecule has 0 saturated heterocycles. The number of halogens is 1. The molecule has 2 aromatic rings. The van der Waals surface area contributed by atoms with Gasteiger partial charge in [0.2, 0.25) is 0 Å². The van der Waals surface area contributed by atoms with Crippen LogP contribution in [0.15, 0.2) is 24.3 Å². The average Bonchev–Trinajstić information content (AvgIpc) is 2.66. The van der Waals surface area contributed by atoms with Gasteiger partial charge in [0.15, 0.2) is 0 Å². The second kappa shape index (κ2) is 4.39. The normalized spacial score (nSPS) is 18.5. The van der Waals surface area contributed by atoms with Gasteiger partial charge in [-0.1, -0.05) is 18.2 Å². The van der Waals surface area contributed by atoms with Crippen molar-refractivity contribution in [2.45, 2.75) is 12.5 Å². The number of carbonyl (C=O) groups is 1. The SMILES string of the molecule is Cl.O=C(O)C1CNCc2[nH]c3ccccc3c21. The summed E-state index contributed by atoms with van der Waals surface area (Å²) in [7, 11) is 0. The zero-order chi connectivity index (χ0) is 11.1. The molecule has 3 N–H and O–H groups in total. The molecule has 90 valence electrons. The van der Waals surface area contributed by atoms with Gasteiger partial charge in [0.05, 0.1) is 5.92 Å². The van der Waals surface area contributed by atoms with Crippen LogP contribution in [0.25, 0.3) is 10.9 Å². The van der Waals surface area contributed by atoms with Crippen LogP contribution in [0.4, 0.5) is 0 Å². The lowest BCUT2D eigenvalue weighted by molar-refractivity contribution is -0.138. The maximum absolute atomic E-state index is 11.2. The van der Waals surface area contributed by atoms with Gasteiger partial charge in [-0.2, -0.15) is 0 Å². The van der Waals surface area contributed by atoms with Crippen LogP contribution in [0.5, 0.6) is 0 Å². The van der Waals surface area contributed by atoms with Crippen LogP contribution in [-0.2, 0) is 11.3 Å². The third-order valence-corrected chi connectivity index (χ3v) is 3.12. The van der Waals surface area contributed by atoms with Crippen LogP contribution >= 0.6 is 12.4 Å². The average molecular weight is 253 g/mol. The van der Waals surface area contributed by atoms with Crippen molar-refractivity contribution in [3.63, 3.8) is 0 Å². The fourth-order valence-corrected chi connectivity index (χ4v) is 2.41. The molecule has 0 amide bonds. The molecule has 0 bridgehead atoms. The van der Waals surface area contributed by atoms with Gasteiger partial charge >= 0.3 is 5.97 Å². The van der Waals surface area contributed by atoms with E-state index in [9.17, 15) is 9.90 Å². The van der Waals surface area contributed by atoms with E-state index in [2.05, 4.69) is 10.3 Å². The Morgan fingerprint density at radius 1 is 1.35 bits per heavy atom.